The van der Waals surface area contributed by atoms with Crippen LogP contribution in [0.4, 0.5) is 10.1 Å². The lowest BCUT2D eigenvalue weighted by molar-refractivity contribution is 0.586. The Labute approximate surface area is 158 Å². The number of hydrogen-bond donors (Lipinski definition) is 1. The standard InChI is InChI=1S/C19H21FN4O2S/c1-14(2)3-4-15-5-8-17(9-6-15)27(25,26)23-16-7-10-19(18(20)11-16)24-13-21-12-22-24/h5-14,23H,3-4H2,1-2H3. The van der Waals surface area contributed by atoms with Gasteiger partial charge in [-0.25, -0.2) is 22.5 Å². The van der Waals surface area contributed by atoms with Crippen LogP contribution in [0.25, 0.3) is 5.69 Å². The van der Waals surface area contributed by atoms with Gasteiger partial charge in [0.05, 0.1) is 10.6 Å². The van der Waals surface area contributed by atoms with Crippen LogP contribution in [0.5, 0.6) is 0 Å². The van der Waals surface area contributed by atoms with Crippen LogP contribution >= 0.6 is 0 Å². The second-order valence-electron chi connectivity index (χ2n) is 6.69. The number of halogens is 1. The Morgan fingerprint density at radius 2 is 1.89 bits per heavy atom. The van der Waals surface area contributed by atoms with Gasteiger partial charge in [-0.15, -0.1) is 0 Å². The van der Waals surface area contributed by atoms with Gasteiger partial charge in [0.2, 0.25) is 0 Å². The number of hydrogen-bond acceptors (Lipinski definition) is 4. The first-order valence-electron chi connectivity index (χ1n) is 8.61. The van der Waals surface area contributed by atoms with E-state index >= 15 is 0 Å². The first kappa shape index (κ1) is 19.0. The first-order valence-corrected chi connectivity index (χ1v) is 10.1. The lowest BCUT2D eigenvalue weighted by Gasteiger charge is -2.11. The molecule has 0 spiro atoms. The predicted molar refractivity (Wildman–Crippen MR) is 102 cm³/mol. The smallest absolute Gasteiger partial charge is 0.261 e. The minimum atomic E-state index is -3.80. The van der Waals surface area contributed by atoms with E-state index in [4.69, 9.17) is 0 Å². The van der Waals surface area contributed by atoms with Crippen molar-refractivity contribution in [3.63, 3.8) is 0 Å². The third-order valence-electron chi connectivity index (χ3n) is 4.11. The second-order valence-corrected chi connectivity index (χ2v) is 8.37. The summed E-state index contributed by atoms with van der Waals surface area (Å²) < 4.78 is 43.0. The Balaban J connectivity index is 1.75. The Hall–Kier alpha value is -2.74. The topological polar surface area (TPSA) is 76.9 Å². The van der Waals surface area contributed by atoms with Crippen molar-refractivity contribution < 1.29 is 12.8 Å². The zero-order chi connectivity index (χ0) is 19.4. The molecule has 27 heavy (non-hydrogen) atoms. The molecule has 0 aliphatic heterocycles. The molecule has 1 aromatic heterocycles. The Kier molecular flexibility index (Phi) is 5.55. The van der Waals surface area contributed by atoms with Crippen LogP contribution in [0.2, 0.25) is 0 Å². The summed E-state index contributed by atoms with van der Waals surface area (Å²) in [6.07, 6.45) is 4.60. The second kappa shape index (κ2) is 7.87. The molecule has 3 rings (SSSR count). The van der Waals surface area contributed by atoms with Gasteiger partial charge in [0.15, 0.2) is 5.82 Å². The van der Waals surface area contributed by atoms with E-state index < -0.39 is 15.8 Å². The van der Waals surface area contributed by atoms with Gasteiger partial charge in [-0.3, -0.25) is 4.72 Å². The lowest BCUT2D eigenvalue weighted by atomic mass is 10.0. The first-order chi connectivity index (χ1) is 12.8. The molecule has 1 heterocycles. The SMILES string of the molecule is CC(C)CCc1ccc(S(=O)(=O)Nc2ccc(-n3cncn3)c(F)c2)cc1. The zero-order valence-corrected chi connectivity index (χ0v) is 15.9. The number of nitrogens with zero attached hydrogens (tertiary/aromatic N) is 3. The molecule has 0 amide bonds. The molecule has 0 bridgehead atoms. The molecule has 0 saturated heterocycles. The van der Waals surface area contributed by atoms with Crippen LogP contribution in [0, 0.1) is 11.7 Å². The van der Waals surface area contributed by atoms with Gasteiger partial charge in [0.25, 0.3) is 10.0 Å². The van der Waals surface area contributed by atoms with Crippen LogP contribution in [0.1, 0.15) is 25.8 Å². The molecule has 8 heteroatoms. The molecule has 0 fully saturated rings. The summed E-state index contributed by atoms with van der Waals surface area (Å²) in [4.78, 5) is 3.90. The van der Waals surface area contributed by atoms with Crippen molar-refractivity contribution in [2.75, 3.05) is 4.72 Å². The molecule has 0 radical (unpaired) electrons. The summed E-state index contributed by atoms with van der Waals surface area (Å²) in [6, 6.07) is 10.8. The van der Waals surface area contributed by atoms with E-state index in [-0.39, 0.29) is 16.3 Å². The Bertz CT molecular complexity index is 1000. The number of rotatable bonds is 7. The van der Waals surface area contributed by atoms with Crippen molar-refractivity contribution in [3.05, 3.63) is 66.5 Å². The summed E-state index contributed by atoms with van der Waals surface area (Å²) in [5, 5.41) is 3.86. The number of aryl methyl sites for hydroxylation is 1. The Morgan fingerprint density at radius 3 is 2.48 bits per heavy atom. The third-order valence-corrected chi connectivity index (χ3v) is 5.51. The third kappa shape index (κ3) is 4.71. The van der Waals surface area contributed by atoms with E-state index in [9.17, 15) is 12.8 Å². The monoisotopic (exact) mass is 388 g/mol. The van der Waals surface area contributed by atoms with E-state index in [1.165, 1.54) is 29.5 Å². The highest BCUT2D eigenvalue weighted by atomic mass is 32.2. The highest BCUT2D eigenvalue weighted by Gasteiger charge is 2.15. The highest BCUT2D eigenvalue weighted by molar-refractivity contribution is 7.92. The number of anilines is 1. The van der Waals surface area contributed by atoms with Gasteiger partial charge >= 0.3 is 0 Å². The summed E-state index contributed by atoms with van der Waals surface area (Å²) in [5.74, 6) is -0.0183. The molecule has 0 aliphatic carbocycles. The Morgan fingerprint density at radius 1 is 1.15 bits per heavy atom. The number of aromatic nitrogens is 3. The van der Waals surface area contributed by atoms with Crippen molar-refractivity contribution >= 4 is 15.7 Å². The molecule has 3 aromatic rings. The van der Waals surface area contributed by atoms with E-state index in [0.717, 1.165) is 24.5 Å². The van der Waals surface area contributed by atoms with Crippen LogP contribution in [-0.4, -0.2) is 23.2 Å². The zero-order valence-electron chi connectivity index (χ0n) is 15.1. The summed E-state index contributed by atoms with van der Waals surface area (Å²) >= 11 is 0. The molecule has 2 aromatic carbocycles. The van der Waals surface area contributed by atoms with E-state index in [1.807, 2.05) is 12.1 Å². The number of benzene rings is 2. The van der Waals surface area contributed by atoms with Crippen molar-refractivity contribution in [2.24, 2.45) is 5.92 Å². The number of sulfonamides is 1. The van der Waals surface area contributed by atoms with Crippen molar-refractivity contribution in [1.82, 2.24) is 14.8 Å². The fourth-order valence-electron chi connectivity index (χ4n) is 2.59. The van der Waals surface area contributed by atoms with Gasteiger partial charge in [-0.1, -0.05) is 26.0 Å². The van der Waals surface area contributed by atoms with E-state index in [0.29, 0.717) is 5.92 Å². The summed E-state index contributed by atoms with van der Waals surface area (Å²) in [6.45, 7) is 4.30. The maximum atomic E-state index is 14.3. The largest absolute Gasteiger partial charge is 0.280 e. The molecular weight excluding hydrogens is 367 g/mol. The van der Waals surface area contributed by atoms with Crippen LogP contribution in [-0.2, 0) is 16.4 Å². The number of nitrogens with one attached hydrogen (secondary N) is 1. The van der Waals surface area contributed by atoms with Gasteiger partial charge < -0.3 is 0 Å². The van der Waals surface area contributed by atoms with E-state index in [1.54, 1.807) is 12.1 Å². The van der Waals surface area contributed by atoms with Crippen LogP contribution < -0.4 is 4.72 Å². The highest BCUT2D eigenvalue weighted by Crippen LogP contribution is 2.21. The van der Waals surface area contributed by atoms with Gasteiger partial charge in [0, 0.05) is 6.07 Å². The molecule has 0 saturated carbocycles. The maximum Gasteiger partial charge on any atom is 0.261 e. The van der Waals surface area contributed by atoms with Crippen LogP contribution in [0.3, 0.4) is 0 Å². The van der Waals surface area contributed by atoms with E-state index in [2.05, 4.69) is 28.7 Å². The fourth-order valence-corrected chi connectivity index (χ4v) is 3.64. The normalized spacial score (nSPS) is 11.7. The lowest BCUT2D eigenvalue weighted by Crippen LogP contribution is -2.13. The van der Waals surface area contributed by atoms with Crippen molar-refractivity contribution in [2.45, 2.75) is 31.6 Å². The van der Waals surface area contributed by atoms with Gasteiger partial charge in [-0.2, -0.15) is 5.10 Å². The summed E-state index contributed by atoms with van der Waals surface area (Å²) in [5.41, 5.74) is 1.41. The summed E-state index contributed by atoms with van der Waals surface area (Å²) in [7, 11) is -3.80. The molecule has 1 N–H and O–H groups in total. The van der Waals surface area contributed by atoms with Crippen molar-refractivity contribution in [3.8, 4) is 5.69 Å². The minimum Gasteiger partial charge on any atom is -0.280 e. The van der Waals surface area contributed by atoms with Crippen LogP contribution in [0.15, 0.2) is 60.0 Å². The van der Waals surface area contributed by atoms with Gasteiger partial charge in [0.1, 0.15) is 18.3 Å². The van der Waals surface area contributed by atoms with Gasteiger partial charge in [-0.05, 0) is 48.6 Å². The molecule has 142 valence electrons. The average molecular weight is 388 g/mol. The fraction of sp³-hybridized carbons (Fsp3) is 0.263. The maximum absolute atomic E-state index is 14.3. The average Bonchev–Trinajstić information content (AvgIpc) is 3.14. The molecule has 0 unspecified atom stereocenters. The van der Waals surface area contributed by atoms with Crippen molar-refractivity contribution in [1.29, 1.82) is 0 Å². The predicted octanol–water partition coefficient (Wildman–Crippen LogP) is 3.80. The molecule has 0 aliphatic rings. The molecular formula is C19H21FN4O2S. The molecule has 6 nitrogen and oxygen atoms in total. The minimum absolute atomic E-state index is 0.136. The molecule has 0 atom stereocenters. The quantitative estimate of drug-likeness (QED) is 0.668.